The second-order valence-corrected chi connectivity index (χ2v) is 5.55. The minimum atomic E-state index is -0.550. The Bertz CT molecular complexity index is 711. The summed E-state index contributed by atoms with van der Waals surface area (Å²) in [5.74, 6) is 0. The van der Waals surface area contributed by atoms with Gasteiger partial charge in [0.2, 0.25) is 0 Å². The molecule has 20 heavy (non-hydrogen) atoms. The molecule has 0 saturated heterocycles. The van der Waals surface area contributed by atoms with E-state index in [1.165, 1.54) is 17.0 Å². The number of nitrogens with zero attached hydrogens (tertiary/aromatic N) is 3. The van der Waals surface area contributed by atoms with Crippen LogP contribution in [0.4, 0.5) is 16.5 Å². The van der Waals surface area contributed by atoms with Gasteiger partial charge in [-0.15, -0.1) is 11.3 Å². The van der Waals surface area contributed by atoms with Gasteiger partial charge < -0.3 is 5.32 Å². The number of nitro benzene ring substituents is 1. The van der Waals surface area contributed by atoms with Crippen molar-refractivity contribution in [3.8, 4) is 6.07 Å². The molecule has 100 valence electrons. The van der Waals surface area contributed by atoms with Crippen LogP contribution in [-0.2, 0) is 12.8 Å². The maximum absolute atomic E-state index is 10.9. The lowest BCUT2D eigenvalue weighted by Gasteiger charge is -2.03. The first-order chi connectivity index (χ1) is 9.67. The number of hydrogen-bond acceptors (Lipinski definition) is 6. The van der Waals surface area contributed by atoms with E-state index in [0.29, 0.717) is 5.69 Å². The lowest BCUT2D eigenvalue weighted by atomic mass is 10.2. The van der Waals surface area contributed by atoms with Crippen molar-refractivity contribution in [2.75, 3.05) is 5.32 Å². The lowest BCUT2D eigenvalue weighted by Crippen LogP contribution is -1.96. The number of hydrogen-bond donors (Lipinski definition) is 1. The van der Waals surface area contributed by atoms with E-state index in [9.17, 15) is 10.1 Å². The molecular formula is C13H10N4O2S. The lowest BCUT2D eigenvalue weighted by molar-refractivity contribution is -0.385. The number of fused-ring (bicyclic) bond motifs is 1. The molecule has 1 aliphatic rings. The molecule has 0 spiro atoms. The van der Waals surface area contributed by atoms with Gasteiger partial charge >= 0.3 is 0 Å². The second kappa shape index (κ2) is 4.90. The number of thiazole rings is 1. The smallest absolute Gasteiger partial charge is 0.289 e. The van der Waals surface area contributed by atoms with Crippen molar-refractivity contribution in [1.82, 2.24) is 4.98 Å². The summed E-state index contributed by atoms with van der Waals surface area (Å²) in [6.07, 6.45) is 3.21. The summed E-state index contributed by atoms with van der Waals surface area (Å²) in [5, 5.41) is 23.6. The first-order valence-electron chi connectivity index (χ1n) is 6.11. The number of rotatable bonds is 3. The molecular weight excluding hydrogens is 276 g/mol. The maximum Gasteiger partial charge on any atom is 0.289 e. The van der Waals surface area contributed by atoms with Crippen LogP contribution < -0.4 is 5.32 Å². The Balaban J connectivity index is 1.89. The summed E-state index contributed by atoms with van der Waals surface area (Å²) in [6, 6.07) is 6.28. The van der Waals surface area contributed by atoms with Crippen LogP contribution in [0.25, 0.3) is 0 Å². The van der Waals surface area contributed by atoms with Crippen molar-refractivity contribution in [3.05, 3.63) is 44.4 Å². The van der Waals surface area contributed by atoms with E-state index < -0.39 is 4.92 Å². The maximum atomic E-state index is 10.9. The predicted molar refractivity (Wildman–Crippen MR) is 75.2 cm³/mol. The highest BCUT2D eigenvalue weighted by atomic mass is 32.1. The van der Waals surface area contributed by atoms with E-state index in [-0.39, 0.29) is 11.3 Å². The fourth-order valence-electron chi connectivity index (χ4n) is 2.22. The van der Waals surface area contributed by atoms with Crippen LogP contribution in [0.15, 0.2) is 18.2 Å². The van der Waals surface area contributed by atoms with Gasteiger partial charge in [0.05, 0.1) is 10.6 Å². The van der Waals surface area contributed by atoms with E-state index >= 15 is 0 Å². The van der Waals surface area contributed by atoms with Crippen LogP contribution in [0.5, 0.6) is 0 Å². The van der Waals surface area contributed by atoms with Crippen LogP contribution in [0.3, 0.4) is 0 Å². The molecule has 2 aromatic rings. The fourth-order valence-corrected chi connectivity index (χ4v) is 3.29. The molecule has 1 heterocycles. The molecule has 1 aromatic heterocycles. The van der Waals surface area contributed by atoms with Crippen LogP contribution in [-0.4, -0.2) is 9.91 Å². The second-order valence-electron chi connectivity index (χ2n) is 4.47. The zero-order chi connectivity index (χ0) is 14.1. The zero-order valence-corrected chi connectivity index (χ0v) is 11.2. The summed E-state index contributed by atoms with van der Waals surface area (Å²) >= 11 is 1.58. The molecule has 7 heteroatoms. The Hall–Kier alpha value is -2.46. The normalized spacial score (nSPS) is 12.8. The molecule has 0 atom stereocenters. The van der Waals surface area contributed by atoms with E-state index in [4.69, 9.17) is 5.26 Å². The van der Waals surface area contributed by atoms with Crippen LogP contribution in [0.1, 0.15) is 22.6 Å². The number of nitriles is 1. The van der Waals surface area contributed by atoms with Gasteiger partial charge in [0.15, 0.2) is 5.13 Å². The molecule has 1 aromatic carbocycles. The number of aryl methyl sites for hydroxylation is 2. The SMILES string of the molecule is N#Cc1ccc(Nc2nc3c(s2)CCC3)cc1[N+](=O)[O-]. The summed E-state index contributed by atoms with van der Waals surface area (Å²) in [5.41, 5.74) is 1.56. The topological polar surface area (TPSA) is 91.8 Å². The summed E-state index contributed by atoms with van der Waals surface area (Å²) in [6.45, 7) is 0. The van der Waals surface area contributed by atoms with Gasteiger partial charge in [-0.1, -0.05) is 0 Å². The molecule has 0 radical (unpaired) electrons. The van der Waals surface area contributed by atoms with Gasteiger partial charge in [-0.25, -0.2) is 4.98 Å². The molecule has 6 nitrogen and oxygen atoms in total. The summed E-state index contributed by atoms with van der Waals surface area (Å²) in [7, 11) is 0. The largest absolute Gasteiger partial charge is 0.331 e. The van der Waals surface area contributed by atoms with Crippen molar-refractivity contribution >= 4 is 27.8 Å². The molecule has 0 saturated carbocycles. The van der Waals surface area contributed by atoms with Gasteiger partial charge in [-0.2, -0.15) is 5.26 Å². The minimum absolute atomic E-state index is 0.0576. The third kappa shape index (κ3) is 2.21. The van der Waals surface area contributed by atoms with Gasteiger partial charge in [-0.05, 0) is 31.4 Å². The van der Waals surface area contributed by atoms with E-state index in [0.717, 1.165) is 30.1 Å². The van der Waals surface area contributed by atoms with Gasteiger partial charge in [-0.3, -0.25) is 10.1 Å². The molecule has 0 bridgehead atoms. The highest BCUT2D eigenvalue weighted by Gasteiger charge is 2.18. The predicted octanol–water partition coefficient (Wildman–Crippen LogP) is 3.16. The van der Waals surface area contributed by atoms with Crippen molar-refractivity contribution in [1.29, 1.82) is 5.26 Å². The molecule has 1 N–H and O–H groups in total. The highest BCUT2D eigenvalue weighted by Crippen LogP contribution is 2.33. The molecule has 0 fully saturated rings. The Morgan fingerprint density at radius 2 is 2.30 bits per heavy atom. The van der Waals surface area contributed by atoms with E-state index in [1.54, 1.807) is 17.4 Å². The molecule has 0 unspecified atom stereocenters. The summed E-state index contributed by atoms with van der Waals surface area (Å²) in [4.78, 5) is 16.1. The van der Waals surface area contributed by atoms with Gasteiger partial charge in [0.1, 0.15) is 11.6 Å². The average molecular weight is 286 g/mol. The van der Waals surface area contributed by atoms with Gasteiger partial charge in [0, 0.05) is 16.6 Å². The number of nitrogens with one attached hydrogen (secondary N) is 1. The molecule has 3 rings (SSSR count). The Morgan fingerprint density at radius 1 is 1.45 bits per heavy atom. The van der Waals surface area contributed by atoms with Crippen LogP contribution in [0, 0.1) is 21.4 Å². The third-order valence-electron chi connectivity index (χ3n) is 3.16. The highest BCUT2D eigenvalue weighted by molar-refractivity contribution is 7.15. The van der Waals surface area contributed by atoms with Crippen molar-refractivity contribution in [2.24, 2.45) is 0 Å². The van der Waals surface area contributed by atoms with E-state index in [2.05, 4.69) is 10.3 Å². The number of anilines is 2. The first kappa shape index (κ1) is 12.6. The van der Waals surface area contributed by atoms with E-state index in [1.807, 2.05) is 6.07 Å². The fraction of sp³-hybridized carbons (Fsp3) is 0.231. The Kier molecular flexibility index (Phi) is 3.08. The summed E-state index contributed by atoms with van der Waals surface area (Å²) < 4.78 is 0. The monoisotopic (exact) mass is 286 g/mol. The average Bonchev–Trinajstić information content (AvgIpc) is 2.99. The minimum Gasteiger partial charge on any atom is -0.331 e. The van der Waals surface area contributed by atoms with Crippen LogP contribution in [0.2, 0.25) is 0 Å². The van der Waals surface area contributed by atoms with Crippen LogP contribution >= 0.6 is 11.3 Å². The van der Waals surface area contributed by atoms with Gasteiger partial charge in [0.25, 0.3) is 5.69 Å². The van der Waals surface area contributed by atoms with Crippen molar-refractivity contribution in [2.45, 2.75) is 19.3 Å². The van der Waals surface area contributed by atoms with Crippen molar-refractivity contribution < 1.29 is 4.92 Å². The number of nitro groups is 1. The number of aromatic nitrogens is 1. The third-order valence-corrected chi connectivity index (χ3v) is 4.23. The van der Waals surface area contributed by atoms with Crippen molar-refractivity contribution in [3.63, 3.8) is 0 Å². The zero-order valence-electron chi connectivity index (χ0n) is 10.4. The molecule has 0 aliphatic heterocycles. The Morgan fingerprint density at radius 3 is 3.00 bits per heavy atom. The Labute approximate surface area is 118 Å². The number of benzene rings is 1. The quantitative estimate of drug-likeness (QED) is 0.691. The molecule has 1 aliphatic carbocycles. The molecule has 0 amide bonds. The first-order valence-corrected chi connectivity index (χ1v) is 6.93. The standard InChI is InChI=1S/C13H10N4O2S/c14-7-8-4-5-9(6-11(8)17(18)19)15-13-16-10-2-1-3-12(10)20-13/h4-6H,1-3H2,(H,15,16).